The lowest BCUT2D eigenvalue weighted by atomic mass is 9.87. The maximum atomic E-state index is 12.0. The highest BCUT2D eigenvalue weighted by molar-refractivity contribution is 7.13. The van der Waals surface area contributed by atoms with Crippen LogP contribution in [0.3, 0.4) is 0 Å². The molecule has 7 heteroatoms. The number of amides is 1. The summed E-state index contributed by atoms with van der Waals surface area (Å²) in [7, 11) is 0. The van der Waals surface area contributed by atoms with Crippen molar-refractivity contribution in [2.45, 2.75) is 38.0 Å². The van der Waals surface area contributed by atoms with E-state index in [9.17, 15) is 4.79 Å². The first-order chi connectivity index (χ1) is 11.6. The molecule has 0 atom stereocenters. The number of benzene rings is 1. The van der Waals surface area contributed by atoms with E-state index < -0.39 is 0 Å². The third-order valence-corrected chi connectivity index (χ3v) is 5.35. The van der Waals surface area contributed by atoms with Gasteiger partial charge in [0, 0.05) is 16.3 Å². The molecule has 1 aliphatic rings. The molecule has 1 saturated carbocycles. The summed E-state index contributed by atoms with van der Waals surface area (Å²) in [4.78, 5) is 16.6. The summed E-state index contributed by atoms with van der Waals surface area (Å²) in [6.45, 7) is -0.125. The van der Waals surface area contributed by atoms with Crippen LogP contribution in [-0.4, -0.2) is 17.5 Å². The highest BCUT2D eigenvalue weighted by Gasteiger charge is 2.18. The molecule has 0 saturated heterocycles. The van der Waals surface area contributed by atoms with E-state index in [1.807, 2.05) is 5.38 Å². The molecule has 24 heavy (non-hydrogen) atoms. The Kier molecular flexibility index (Phi) is 5.98. The molecule has 2 aromatic rings. The van der Waals surface area contributed by atoms with Gasteiger partial charge < -0.3 is 4.74 Å². The monoisotopic (exact) mass is 384 g/mol. The van der Waals surface area contributed by atoms with E-state index in [4.69, 9.17) is 27.9 Å². The molecule has 1 heterocycles. The molecular formula is C17H18Cl2N2O2S. The van der Waals surface area contributed by atoms with Gasteiger partial charge in [0.1, 0.15) is 5.75 Å². The Morgan fingerprint density at radius 1 is 1.29 bits per heavy atom. The fraction of sp³-hybridized carbons (Fsp3) is 0.412. The summed E-state index contributed by atoms with van der Waals surface area (Å²) in [5.41, 5.74) is 1.09. The van der Waals surface area contributed by atoms with E-state index in [0.29, 0.717) is 26.8 Å². The maximum Gasteiger partial charge on any atom is 0.264 e. The van der Waals surface area contributed by atoms with Crippen LogP contribution in [0.2, 0.25) is 10.0 Å². The topological polar surface area (TPSA) is 51.2 Å². The molecule has 3 rings (SSSR count). The lowest BCUT2D eigenvalue weighted by Gasteiger charge is -2.19. The van der Waals surface area contributed by atoms with Gasteiger partial charge in [-0.15, -0.1) is 11.3 Å². The summed E-state index contributed by atoms with van der Waals surface area (Å²) in [5, 5.41) is 6.34. The number of nitrogens with one attached hydrogen (secondary N) is 1. The SMILES string of the molecule is O=C(COc1ccc(Cl)cc1Cl)Nc1nc(C2CCCCC2)cs1. The van der Waals surface area contributed by atoms with E-state index >= 15 is 0 Å². The fourth-order valence-corrected chi connectivity index (χ4v) is 4.09. The van der Waals surface area contributed by atoms with Crippen molar-refractivity contribution in [1.82, 2.24) is 4.98 Å². The molecule has 128 valence electrons. The van der Waals surface area contributed by atoms with E-state index in [0.717, 1.165) is 5.69 Å². The van der Waals surface area contributed by atoms with Crippen LogP contribution in [-0.2, 0) is 4.79 Å². The molecule has 1 amide bonds. The summed E-state index contributed by atoms with van der Waals surface area (Å²) >= 11 is 13.3. The number of hydrogen-bond acceptors (Lipinski definition) is 4. The van der Waals surface area contributed by atoms with E-state index in [1.165, 1.54) is 43.4 Å². The lowest BCUT2D eigenvalue weighted by Crippen LogP contribution is -2.20. The molecule has 0 bridgehead atoms. The molecule has 4 nitrogen and oxygen atoms in total. The van der Waals surface area contributed by atoms with Crippen LogP contribution in [0.15, 0.2) is 23.6 Å². The molecule has 1 aromatic carbocycles. The number of hydrogen-bond donors (Lipinski definition) is 1. The van der Waals surface area contributed by atoms with Crippen LogP contribution in [0.5, 0.6) is 5.75 Å². The van der Waals surface area contributed by atoms with Gasteiger partial charge in [-0.25, -0.2) is 4.98 Å². The third kappa shape index (κ3) is 4.62. The minimum atomic E-state index is -0.259. The van der Waals surface area contributed by atoms with Crippen LogP contribution < -0.4 is 10.1 Å². The minimum absolute atomic E-state index is 0.125. The Labute approximate surface area is 155 Å². The number of anilines is 1. The van der Waals surface area contributed by atoms with Crippen molar-refractivity contribution in [3.05, 3.63) is 39.3 Å². The van der Waals surface area contributed by atoms with Gasteiger partial charge in [-0.3, -0.25) is 10.1 Å². The number of halogens is 2. The third-order valence-electron chi connectivity index (χ3n) is 4.04. The highest BCUT2D eigenvalue weighted by atomic mass is 35.5. The zero-order chi connectivity index (χ0) is 16.9. The standard InChI is InChI=1S/C17H18Cl2N2O2S/c18-12-6-7-15(13(19)8-12)23-9-16(22)21-17-20-14(10-24-17)11-4-2-1-3-5-11/h6-8,10-11H,1-5,9H2,(H,20,21,22). The van der Waals surface area contributed by atoms with Gasteiger partial charge in [-0.1, -0.05) is 42.5 Å². The molecular weight excluding hydrogens is 367 g/mol. The molecule has 1 fully saturated rings. The van der Waals surface area contributed by atoms with Gasteiger partial charge in [0.2, 0.25) is 0 Å². The average molecular weight is 385 g/mol. The quantitative estimate of drug-likeness (QED) is 0.738. The first-order valence-electron chi connectivity index (χ1n) is 7.95. The first-order valence-corrected chi connectivity index (χ1v) is 9.58. The van der Waals surface area contributed by atoms with Crippen molar-refractivity contribution >= 4 is 45.6 Å². The largest absolute Gasteiger partial charge is 0.482 e. The summed E-state index contributed by atoms with van der Waals surface area (Å²) in [5.74, 6) is 0.702. The molecule has 1 aliphatic carbocycles. The second-order valence-electron chi connectivity index (χ2n) is 5.82. The molecule has 1 N–H and O–H groups in total. The summed E-state index contributed by atoms with van der Waals surface area (Å²) in [6.07, 6.45) is 6.22. The number of carbonyl (C=O) groups excluding carboxylic acids is 1. The van der Waals surface area contributed by atoms with Crippen molar-refractivity contribution in [3.8, 4) is 5.75 Å². The Morgan fingerprint density at radius 3 is 2.83 bits per heavy atom. The second-order valence-corrected chi connectivity index (χ2v) is 7.53. The average Bonchev–Trinajstić information content (AvgIpc) is 3.03. The van der Waals surface area contributed by atoms with Crippen molar-refractivity contribution in [2.24, 2.45) is 0 Å². The Balaban J connectivity index is 1.52. The lowest BCUT2D eigenvalue weighted by molar-refractivity contribution is -0.118. The smallest absolute Gasteiger partial charge is 0.264 e. The Hall–Kier alpha value is -1.30. The maximum absolute atomic E-state index is 12.0. The second kappa shape index (κ2) is 8.19. The van der Waals surface area contributed by atoms with E-state index in [-0.39, 0.29) is 12.5 Å². The fourth-order valence-electron chi connectivity index (χ4n) is 2.82. The van der Waals surface area contributed by atoms with Crippen molar-refractivity contribution in [3.63, 3.8) is 0 Å². The van der Waals surface area contributed by atoms with Crippen LogP contribution in [0.4, 0.5) is 5.13 Å². The predicted molar refractivity (Wildman–Crippen MR) is 98.5 cm³/mol. The van der Waals surface area contributed by atoms with Gasteiger partial charge in [-0.05, 0) is 31.0 Å². The first kappa shape index (κ1) is 17.5. The van der Waals surface area contributed by atoms with Crippen molar-refractivity contribution < 1.29 is 9.53 Å². The summed E-state index contributed by atoms with van der Waals surface area (Å²) in [6, 6.07) is 4.88. The summed E-state index contributed by atoms with van der Waals surface area (Å²) < 4.78 is 5.42. The molecule has 0 unspecified atom stereocenters. The number of rotatable bonds is 5. The molecule has 1 aromatic heterocycles. The molecule has 0 aliphatic heterocycles. The van der Waals surface area contributed by atoms with Crippen LogP contribution in [0.1, 0.15) is 43.7 Å². The molecule has 0 spiro atoms. The van der Waals surface area contributed by atoms with Gasteiger partial charge in [0.25, 0.3) is 5.91 Å². The highest BCUT2D eigenvalue weighted by Crippen LogP contribution is 2.34. The van der Waals surface area contributed by atoms with Crippen LogP contribution in [0.25, 0.3) is 0 Å². The van der Waals surface area contributed by atoms with E-state index in [2.05, 4.69) is 10.3 Å². The van der Waals surface area contributed by atoms with E-state index in [1.54, 1.807) is 18.2 Å². The number of thiazole rings is 1. The van der Waals surface area contributed by atoms with Crippen molar-refractivity contribution in [1.29, 1.82) is 0 Å². The zero-order valence-corrected chi connectivity index (χ0v) is 15.4. The van der Waals surface area contributed by atoms with Crippen molar-refractivity contribution in [2.75, 3.05) is 11.9 Å². The van der Waals surface area contributed by atoms with Gasteiger partial charge in [-0.2, -0.15) is 0 Å². The number of carbonyl (C=O) groups is 1. The minimum Gasteiger partial charge on any atom is -0.482 e. The van der Waals surface area contributed by atoms with Crippen LogP contribution in [0, 0.1) is 0 Å². The Morgan fingerprint density at radius 2 is 2.08 bits per heavy atom. The van der Waals surface area contributed by atoms with Gasteiger partial charge in [0.05, 0.1) is 10.7 Å². The predicted octanol–water partition coefficient (Wildman–Crippen LogP) is 5.52. The van der Waals surface area contributed by atoms with Gasteiger partial charge in [0.15, 0.2) is 11.7 Å². The Bertz CT molecular complexity index is 714. The normalized spacial score (nSPS) is 15.2. The number of ether oxygens (including phenoxy) is 1. The molecule has 0 radical (unpaired) electrons. The van der Waals surface area contributed by atoms with Crippen LogP contribution >= 0.6 is 34.5 Å². The number of aromatic nitrogens is 1. The zero-order valence-electron chi connectivity index (χ0n) is 13.1. The number of nitrogens with zero attached hydrogens (tertiary/aromatic N) is 1. The van der Waals surface area contributed by atoms with Gasteiger partial charge >= 0.3 is 0 Å².